The van der Waals surface area contributed by atoms with Crippen LogP contribution in [0.1, 0.15) is 5.56 Å². The molecule has 0 amide bonds. The number of hydrogen-bond donors (Lipinski definition) is 2. The highest BCUT2D eigenvalue weighted by Gasteiger charge is 2.11. The fraction of sp³-hybridized carbons (Fsp3) is 0. The largest absolute Gasteiger partial charge is 0.360 e. The molecule has 0 bridgehead atoms. The molecular weight excluding hydrogens is 314 g/mol. The minimum Gasteiger partial charge on any atom is -0.360 e. The van der Waals surface area contributed by atoms with Gasteiger partial charge in [0.2, 0.25) is 0 Å². The van der Waals surface area contributed by atoms with Gasteiger partial charge in [-0.25, -0.2) is 0 Å². The van der Waals surface area contributed by atoms with Crippen molar-refractivity contribution >= 4 is 34.2 Å². The van der Waals surface area contributed by atoms with Crippen LogP contribution in [0.5, 0.6) is 0 Å². The highest BCUT2D eigenvalue weighted by atomic mass is 16.6. The summed E-state index contributed by atoms with van der Waals surface area (Å²) in [6, 6.07) is 10.6. The number of aromatic amines is 1. The Morgan fingerprint density at radius 3 is 2.62 bits per heavy atom. The summed E-state index contributed by atoms with van der Waals surface area (Å²) in [5.74, 6) is 0. The molecule has 0 aliphatic heterocycles. The zero-order valence-electron chi connectivity index (χ0n) is 12.2. The quantitative estimate of drug-likeness (QED) is 0.422. The van der Waals surface area contributed by atoms with Crippen molar-refractivity contribution in [1.29, 1.82) is 0 Å². The van der Waals surface area contributed by atoms with E-state index in [2.05, 4.69) is 15.5 Å². The lowest BCUT2D eigenvalue weighted by molar-refractivity contribution is -0.384. The zero-order valence-corrected chi connectivity index (χ0v) is 12.2. The molecule has 9 nitrogen and oxygen atoms in total. The Morgan fingerprint density at radius 2 is 1.88 bits per heavy atom. The van der Waals surface area contributed by atoms with E-state index in [0.29, 0.717) is 11.1 Å². The van der Waals surface area contributed by atoms with Gasteiger partial charge in [-0.1, -0.05) is 12.1 Å². The van der Waals surface area contributed by atoms with E-state index in [0.717, 1.165) is 5.39 Å². The van der Waals surface area contributed by atoms with Crippen LogP contribution >= 0.6 is 0 Å². The molecule has 0 atom stereocenters. The number of nitro groups is 2. The number of H-pyrrole nitrogens is 1. The average molecular weight is 325 g/mol. The van der Waals surface area contributed by atoms with Crippen molar-refractivity contribution in [1.82, 2.24) is 4.98 Å². The second kappa shape index (κ2) is 6.16. The molecule has 0 aliphatic rings. The van der Waals surface area contributed by atoms with Crippen LogP contribution in [0, 0.1) is 20.2 Å². The van der Waals surface area contributed by atoms with Gasteiger partial charge in [-0.3, -0.25) is 25.7 Å². The van der Waals surface area contributed by atoms with Crippen LogP contribution in [0.4, 0.5) is 17.1 Å². The van der Waals surface area contributed by atoms with E-state index in [1.165, 1.54) is 24.4 Å². The minimum atomic E-state index is -0.497. The van der Waals surface area contributed by atoms with Crippen LogP contribution in [0.2, 0.25) is 0 Å². The molecule has 0 fully saturated rings. The van der Waals surface area contributed by atoms with Crippen molar-refractivity contribution < 1.29 is 9.85 Å². The van der Waals surface area contributed by atoms with Crippen molar-refractivity contribution in [3.63, 3.8) is 0 Å². The van der Waals surface area contributed by atoms with Gasteiger partial charge < -0.3 is 4.98 Å². The lowest BCUT2D eigenvalue weighted by Gasteiger charge is -2.00. The first-order chi connectivity index (χ1) is 11.6. The molecule has 0 saturated carbocycles. The van der Waals surface area contributed by atoms with E-state index in [1.807, 2.05) is 0 Å². The van der Waals surface area contributed by atoms with Gasteiger partial charge in [0, 0.05) is 35.3 Å². The number of nitro benzene ring substituents is 2. The summed E-state index contributed by atoms with van der Waals surface area (Å²) in [7, 11) is 0. The highest BCUT2D eigenvalue weighted by molar-refractivity contribution is 5.99. The Hall–Kier alpha value is -3.75. The molecule has 120 valence electrons. The number of fused-ring (bicyclic) bond motifs is 1. The van der Waals surface area contributed by atoms with E-state index in [4.69, 9.17) is 0 Å². The predicted molar refractivity (Wildman–Crippen MR) is 89.3 cm³/mol. The first-order valence-corrected chi connectivity index (χ1v) is 6.84. The smallest absolute Gasteiger partial charge is 0.294 e. The van der Waals surface area contributed by atoms with Crippen LogP contribution in [0.3, 0.4) is 0 Å². The number of rotatable bonds is 5. The molecule has 9 heteroatoms. The van der Waals surface area contributed by atoms with Crippen LogP contribution in [0.25, 0.3) is 10.9 Å². The van der Waals surface area contributed by atoms with Crippen LogP contribution < -0.4 is 5.43 Å². The molecule has 0 unspecified atom stereocenters. The summed E-state index contributed by atoms with van der Waals surface area (Å²) >= 11 is 0. The number of anilines is 1. The molecule has 3 aromatic rings. The molecule has 1 heterocycles. The molecular formula is C15H11N5O4. The Kier molecular flexibility index (Phi) is 3.89. The number of hydrogen-bond acceptors (Lipinski definition) is 6. The third-order valence-electron chi connectivity index (χ3n) is 3.40. The summed E-state index contributed by atoms with van der Waals surface area (Å²) in [6.45, 7) is 0. The number of benzene rings is 2. The van der Waals surface area contributed by atoms with E-state index < -0.39 is 9.85 Å². The number of nitrogens with one attached hydrogen (secondary N) is 2. The fourth-order valence-corrected chi connectivity index (χ4v) is 2.26. The number of hydrazone groups is 1. The molecule has 3 rings (SSSR count). The van der Waals surface area contributed by atoms with Gasteiger partial charge in [-0.15, -0.1) is 0 Å². The molecule has 2 N–H and O–H groups in total. The number of non-ortho nitro benzene ring substituents is 1. The van der Waals surface area contributed by atoms with Crippen LogP contribution in [-0.2, 0) is 0 Å². The van der Waals surface area contributed by atoms with Gasteiger partial charge in [-0.2, -0.15) is 5.10 Å². The molecule has 0 spiro atoms. The van der Waals surface area contributed by atoms with Gasteiger partial charge in [0.05, 0.1) is 21.6 Å². The van der Waals surface area contributed by atoms with Gasteiger partial charge in [0.25, 0.3) is 11.4 Å². The maximum atomic E-state index is 10.9. The van der Waals surface area contributed by atoms with Crippen LogP contribution in [-0.4, -0.2) is 21.0 Å². The highest BCUT2D eigenvalue weighted by Crippen LogP contribution is 2.24. The Morgan fingerprint density at radius 1 is 1.08 bits per heavy atom. The summed E-state index contributed by atoms with van der Waals surface area (Å²) in [6.07, 6.45) is 3.14. The third-order valence-corrected chi connectivity index (χ3v) is 3.40. The van der Waals surface area contributed by atoms with Gasteiger partial charge in [0.15, 0.2) is 0 Å². The lowest BCUT2D eigenvalue weighted by atomic mass is 10.2. The van der Waals surface area contributed by atoms with Gasteiger partial charge in [-0.05, 0) is 12.1 Å². The molecule has 1 aromatic heterocycles. The van der Waals surface area contributed by atoms with E-state index in [9.17, 15) is 20.2 Å². The number of nitrogens with zero attached hydrogens (tertiary/aromatic N) is 3. The monoisotopic (exact) mass is 325 g/mol. The Labute approximate surface area is 134 Å². The minimum absolute atomic E-state index is 0.00845. The Balaban J connectivity index is 1.84. The SMILES string of the molecule is O=[N+]([O-])c1ccc2c(/C=N/Nc3ccccc3[N+](=O)[O-])c[nH]c2c1. The number of para-hydroxylation sites is 2. The molecule has 2 aromatic carbocycles. The van der Waals surface area contributed by atoms with Crippen molar-refractivity contribution in [2.75, 3.05) is 5.43 Å². The summed E-state index contributed by atoms with van der Waals surface area (Å²) in [5, 5.41) is 26.5. The van der Waals surface area contributed by atoms with Crippen molar-refractivity contribution in [2.24, 2.45) is 5.10 Å². The second-order valence-electron chi connectivity index (χ2n) is 4.88. The standard InChI is InChI=1S/C15H11N5O4/c21-19(22)11-5-6-12-10(8-16-14(12)7-11)9-17-18-13-3-1-2-4-15(13)20(23)24/h1-9,16,18H/b17-9+. The van der Waals surface area contributed by atoms with Crippen molar-refractivity contribution in [3.8, 4) is 0 Å². The first-order valence-electron chi connectivity index (χ1n) is 6.84. The average Bonchev–Trinajstić information content (AvgIpc) is 2.97. The molecule has 0 radical (unpaired) electrons. The van der Waals surface area contributed by atoms with Crippen molar-refractivity contribution in [3.05, 3.63) is 74.5 Å². The number of aromatic nitrogens is 1. The van der Waals surface area contributed by atoms with Crippen molar-refractivity contribution in [2.45, 2.75) is 0 Å². The normalized spacial score (nSPS) is 11.0. The topological polar surface area (TPSA) is 126 Å². The third kappa shape index (κ3) is 2.90. The summed E-state index contributed by atoms with van der Waals surface area (Å²) < 4.78 is 0. The zero-order chi connectivity index (χ0) is 17.1. The molecule has 0 saturated heterocycles. The van der Waals surface area contributed by atoms with Gasteiger partial charge >= 0.3 is 0 Å². The second-order valence-corrected chi connectivity index (χ2v) is 4.88. The van der Waals surface area contributed by atoms with Gasteiger partial charge in [0.1, 0.15) is 5.69 Å². The summed E-state index contributed by atoms with van der Waals surface area (Å²) in [4.78, 5) is 23.7. The predicted octanol–water partition coefficient (Wildman–Crippen LogP) is 3.43. The lowest BCUT2D eigenvalue weighted by Crippen LogP contribution is -1.96. The fourth-order valence-electron chi connectivity index (χ4n) is 2.26. The Bertz CT molecular complexity index is 963. The van der Waals surface area contributed by atoms with Crippen LogP contribution in [0.15, 0.2) is 53.8 Å². The van der Waals surface area contributed by atoms with E-state index >= 15 is 0 Å². The maximum absolute atomic E-state index is 10.9. The maximum Gasteiger partial charge on any atom is 0.294 e. The summed E-state index contributed by atoms with van der Waals surface area (Å²) in [5.41, 5.74) is 4.13. The molecule has 0 aliphatic carbocycles. The van der Waals surface area contributed by atoms with E-state index in [-0.39, 0.29) is 17.1 Å². The first kappa shape index (κ1) is 15.2. The van der Waals surface area contributed by atoms with E-state index in [1.54, 1.807) is 30.5 Å². The molecule has 24 heavy (non-hydrogen) atoms.